The molecule has 6 nitrogen and oxygen atoms in total. The summed E-state index contributed by atoms with van der Waals surface area (Å²) in [5.41, 5.74) is 1.72. The van der Waals surface area contributed by atoms with Gasteiger partial charge in [0.15, 0.2) is 0 Å². The normalized spacial score (nSPS) is 11.5. The molecule has 2 aromatic rings. The van der Waals surface area contributed by atoms with Crippen LogP contribution in [0.3, 0.4) is 0 Å². The number of nitrogens with zero attached hydrogens (tertiary/aromatic N) is 1. The molecule has 0 aliphatic rings. The van der Waals surface area contributed by atoms with Crippen molar-refractivity contribution < 1.29 is 13.3 Å². The van der Waals surface area contributed by atoms with Crippen molar-refractivity contribution in [3.05, 3.63) is 63.7 Å². The van der Waals surface area contributed by atoms with Gasteiger partial charge in [-0.05, 0) is 42.5 Å². The molecule has 128 valence electrons. The van der Waals surface area contributed by atoms with Crippen molar-refractivity contribution in [3.8, 4) is 0 Å². The smallest absolute Gasteiger partial charge is 0.271 e. The minimum atomic E-state index is -3.80. The van der Waals surface area contributed by atoms with E-state index >= 15 is 0 Å². The Labute approximate surface area is 141 Å². The third-order valence-electron chi connectivity index (χ3n) is 3.55. The molecule has 1 N–H and O–H groups in total. The summed E-state index contributed by atoms with van der Waals surface area (Å²) in [6.07, 6.45) is 0.873. The minimum absolute atomic E-state index is 0.126. The molecule has 0 heterocycles. The highest BCUT2D eigenvalue weighted by Crippen LogP contribution is 2.25. The van der Waals surface area contributed by atoms with E-state index in [1.165, 1.54) is 18.2 Å². The summed E-state index contributed by atoms with van der Waals surface area (Å²) >= 11 is 0. The summed E-state index contributed by atoms with van der Waals surface area (Å²) in [5, 5.41) is 10.9. The molecule has 0 aromatic heterocycles. The molecule has 0 bridgehead atoms. The SMILES string of the molecule is Cc1ccc([N+](=O)[O-])cc1NS(=O)(=O)c1ccc(CC(C)C)cc1. The second-order valence-electron chi connectivity index (χ2n) is 6.10. The van der Waals surface area contributed by atoms with Gasteiger partial charge < -0.3 is 0 Å². The van der Waals surface area contributed by atoms with E-state index in [2.05, 4.69) is 18.6 Å². The van der Waals surface area contributed by atoms with Crippen molar-refractivity contribution in [2.45, 2.75) is 32.1 Å². The van der Waals surface area contributed by atoms with Crippen LogP contribution in [0, 0.1) is 23.0 Å². The minimum Gasteiger partial charge on any atom is -0.279 e. The van der Waals surface area contributed by atoms with Gasteiger partial charge in [-0.2, -0.15) is 0 Å². The highest BCUT2D eigenvalue weighted by Gasteiger charge is 2.17. The van der Waals surface area contributed by atoms with Gasteiger partial charge in [0.25, 0.3) is 15.7 Å². The number of sulfonamides is 1. The van der Waals surface area contributed by atoms with Crippen LogP contribution < -0.4 is 4.72 Å². The third kappa shape index (κ3) is 4.32. The molecule has 0 spiro atoms. The molecule has 24 heavy (non-hydrogen) atoms. The van der Waals surface area contributed by atoms with Gasteiger partial charge in [-0.25, -0.2) is 8.42 Å². The summed E-state index contributed by atoms with van der Waals surface area (Å²) in [5.74, 6) is 0.484. The van der Waals surface area contributed by atoms with E-state index in [0.29, 0.717) is 11.5 Å². The number of rotatable bonds is 6. The fourth-order valence-corrected chi connectivity index (χ4v) is 3.43. The standard InChI is InChI=1S/C17H20N2O4S/c1-12(2)10-14-5-8-16(9-6-14)24(22,23)18-17-11-15(19(20)21)7-4-13(17)3/h4-9,11-12,18H,10H2,1-3H3. The van der Waals surface area contributed by atoms with Crippen LogP contribution >= 0.6 is 0 Å². The second kappa shape index (κ2) is 7.00. The first-order valence-corrected chi connectivity index (χ1v) is 9.04. The van der Waals surface area contributed by atoms with Crippen LogP contribution in [0.15, 0.2) is 47.4 Å². The van der Waals surface area contributed by atoms with Gasteiger partial charge in [0.1, 0.15) is 0 Å². The van der Waals surface area contributed by atoms with Crippen LogP contribution in [0.5, 0.6) is 0 Å². The zero-order valence-corrected chi connectivity index (χ0v) is 14.6. The van der Waals surface area contributed by atoms with E-state index in [1.807, 2.05) is 0 Å². The molecule has 0 unspecified atom stereocenters. The first kappa shape index (κ1) is 17.9. The highest BCUT2D eigenvalue weighted by atomic mass is 32.2. The number of non-ortho nitro benzene ring substituents is 1. The van der Waals surface area contributed by atoms with Crippen molar-refractivity contribution in [1.29, 1.82) is 0 Å². The largest absolute Gasteiger partial charge is 0.279 e. The average Bonchev–Trinajstić information content (AvgIpc) is 2.49. The molecular formula is C17H20N2O4S. The molecule has 0 aliphatic heterocycles. The summed E-state index contributed by atoms with van der Waals surface area (Å²) in [6, 6.07) is 10.7. The zero-order chi connectivity index (χ0) is 17.9. The maximum absolute atomic E-state index is 12.5. The predicted octanol–water partition coefficient (Wildman–Crippen LogP) is 3.90. The summed E-state index contributed by atoms with van der Waals surface area (Å²) in [4.78, 5) is 10.4. The van der Waals surface area contributed by atoms with Crippen LogP contribution in [0.2, 0.25) is 0 Å². The van der Waals surface area contributed by atoms with E-state index < -0.39 is 14.9 Å². The lowest BCUT2D eigenvalue weighted by Gasteiger charge is -2.11. The molecular weight excluding hydrogens is 328 g/mol. The molecule has 2 rings (SSSR count). The molecule has 2 aromatic carbocycles. The lowest BCUT2D eigenvalue weighted by atomic mass is 10.0. The Morgan fingerprint density at radius 3 is 2.29 bits per heavy atom. The third-order valence-corrected chi connectivity index (χ3v) is 4.94. The number of hydrogen-bond donors (Lipinski definition) is 1. The highest BCUT2D eigenvalue weighted by molar-refractivity contribution is 7.92. The Hall–Kier alpha value is -2.41. The zero-order valence-electron chi connectivity index (χ0n) is 13.8. The Morgan fingerprint density at radius 2 is 1.75 bits per heavy atom. The van der Waals surface area contributed by atoms with E-state index in [-0.39, 0.29) is 16.3 Å². The number of hydrogen-bond acceptors (Lipinski definition) is 4. The maximum Gasteiger partial charge on any atom is 0.271 e. The van der Waals surface area contributed by atoms with Crippen molar-refractivity contribution in [2.24, 2.45) is 5.92 Å². The van der Waals surface area contributed by atoms with Gasteiger partial charge >= 0.3 is 0 Å². The van der Waals surface area contributed by atoms with Gasteiger partial charge in [0.2, 0.25) is 0 Å². The number of aryl methyl sites for hydroxylation is 1. The van der Waals surface area contributed by atoms with Gasteiger partial charge in [0.05, 0.1) is 15.5 Å². The first-order chi connectivity index (χ1) is 11.2. The number of benzene rings is 2. The van der Waals surface area contributed by atoms with Crippen LogP contribution in [0.1, 0.15) is 25.0 Å². The average molecular weight is 348 g/mol. The van der Waals surface area contributed by atoms with Crippen molar-refractivity contribution in [3.63, 3.8) is 0 Å². The van der Waals surface area contributed by atoms with Gasteiger partial charge in [-0.3, -0.25) is 14.8 Å². The Bertz CT molecular complexity index is 843. The van der Waals surface area contributed by atoms with Crippen LogP contribution in [-0.4, -0.2) is 13.3 Å². The topological polar surface area (TPSA) is 89.3 Å². The first-order valence-electron chi connectivity index (χ1n) is 7.56. The number of nitro groups is 1. The lowest BCUT2D eigenvalue weighted by molar-refractivity contribution is -0.384. The van der Waals surface area contributed by atoms with E-state index in [9.17, 15) is 18.5 Å². The van der Waals surface area contributed by atoms with Gasteiger partial charge in [-0.15, -0.1) is 0 Å². The van der Waals surface area contributed by atoms with Crippen LogP contribution in [0.25, 0.3) is 0 Å². The lowest BCUT2D eigenvalue weighted by Crippen LogP contribution is -2.14. The molecule has 0 atom stereocenters. The number of nitrogens with one attached hydrogen (secondary N) is 1. The van der Waals surface area contributed by atoms with Crippen molar-refractivity contribution >= 4 is 21.4 Å². The van der Waals surface area contributed by atoms with Crippen LogP contribution in [0.4, 0.5) is 11.4 Å². The molecule has 0 saturated heterocycles. The fraction of sp³-hybridized carbons (Fsp3) is 0.294. The van der Waals surface area contributed by atoms with Gasteiger partial charge in [-0.1, -0.05) is 32.0 Å². The van der Waals surface area contributed by atoms with E-state index in [4.69, 9.17) is 0 Å². The number of anilines is 1. The number of nitro benzene ring substituents is 1. The molecule has 7 heteroatoms. The molecule has 0 saturated carbocycles. The van der Waals surface area contributed by atoms with E-state index in [1.54, 1.807) is 31.2 Å². The van der Waals surface area contributed by atoms with Crippen LogP contribution in [-0.2, 0) is 16.4 Å². The Balaban J connectivity index is 2.28. The molecule has 0 amide bonds. The monoisotopic (exact) mass is 348 g/mol. The van der Waals surface area contributed by atoms with Crippen molar-refractivity contribution in [1.82, 2.24) is 0 Å². The van der Waals surface area contributed by atoms with E-state index in [0.717, 1.165) is 12.0 Å². The Kier molecular flexibility index (Phi) is 5.23. The predicted molar refractivity (Wildman–Crippen MR) is 93.6 cm³/mol. The molecule has 0 aliphatic carbocycles. The van der Waals surface area contributed by atoms with Crippen molar-refractivity contribution in [2.75, 3.05) is 4.72 Å². The summed E-state index contributed by atoms with van der Waals surface area (Å²) < 4.78 is 27.4. The maximum atomic E-state index is 12.5. The molecule has 0 fully saturated rings. The van der Waals surface area contributed by atoms with Gasteiger partial charge in [0, 0.05) is 12.1 Å². The quantitative estimate of drug-likeness (QED) is 0.633. The molecule has 0 radical (unpaired) electrons. The Morgan fingerprint density at radius 1 is 1.12 bits per heavy atom. The second-order valence-corrected chi connectivity index (χ2v) is 7.79. The fourth-order valence-electron chi connectivity index (χ4n) is 2.31. The summed E-state index contributed by atoms with van der Waals surface area (Å²) in [6.45, 7) is 5.88. The summed E-state index contributed by atoms with van der Waals surface area (Å²) in [7, 11) is -3.80.